The van der Waals surface area contributed by atoms with Gasteiger partial charge in [-0.15, -0.1) is 0 Å². The Bertz CT molecular complexity index is 479. The zero-order chi connectivity index (χ0) is 14.7. The minimum atomic E-state index is -0.864. The van der Waals surface area contributed by atoms with E-state index in [1.54, 1.807) is 0 Å². The number of hydrogen-bond donors (Lipinski definition) is 2. The second kappa shape index (κ2) is 6.17. The maximum absolute atomic E-state index is 13.5. The Morgan fingerprint density at radius 2 is 2.15 bits per heavy atom. The monoisotopic (exact) mass is 284 g/mol. The van der Waals surface area contributed by atoms with E-state index >= 15 is 0 Å². The number of nitrogens with two attached hydrogens (primary N) is 1. The lowest BCUT2D eigenvalue weighted by Crippen LogP contribution is -2.34. The van der Waals surface area contributed by atoms with Crippen LogP contribution in [0.3, 0.4) is 0 Å². The maximum Gasteiger partial charge on any atom is 0.224 e. The number of carbonyl (C=O) groups is 1. The summed E-state index contributed by atoms with van der Waals surface area (Å²) in [4.78, 5) is 11.8. The van der Waals surface area contributed by atoms with Crippen LogP contribution in [0.5, 0.6) is 0 Å². The van der Waals surface area contributed by atoms with Gasteiger partial charge in [-0.3, -0.25) is 4.79 Å². The largest absolute Gasteiger partial charge is 0.397 e. The molecule has 0 saturated heterocycles. The first-order valence-electron chi connectivity index (χ1n) is 6.65. The molecule has 0 aliphatic heterocycles. The lowest BCUT2D eigenvalue weighted by molar-refractivity contribution is -0.119. The Balaban J connectivity index is 1.87. The molecule has 0 spiro atoms. The third kappa shape index (κ3) is 3.45. The van der Waals surface area contributed by atoms with E-state index in [-0.39, 0.29) is 29.3 Å². The smallest absolute Gasteiger partial charge is 0.224 e. The van der Waals surface area contributed by atoms with Gasteiger partial charge in [-0.2, -0.15) is 0 Å². The van der Waals surface area contributed by atoms with E-state index in [1.807, 2.05) is 6.92 Å². The van der Waals surface area contributed by atoms with Crippen LogP contribution in [0, 0.1) is 17.6 Å². The van der Waals surface area contributed by atoms with Crippen LogP contribution in [0.15, 0.2) is 12.1 Å². The molecule has 0 radical (unpaired) electrons. The molecule has 0 bridgehead atoms. The SMILES string of the molecule is CCOC1CC(CC(=O)Nc2c(N)cc(F)cc2F)C1. The fourth-order valence-corrected chi connectivity index (χ4v) is 2.39. The van der Waals surface area contributed by atoms with E-state index in [0.717, 1.165) is 18.9 Å². The molecule has 0 atom stereocenters. The van der Waals surface area contributed by atoms with Gasteiger partial charge < -0.3 is 15.8 Å². The van der Waals surface area contributed by atoms with Crippen molar-refractivity contribution in [2.45, 2.75) is 32.3 Å². The van der Waals surface area contributed by atoms with Gasteiger partial charge in [-0.05, 0) is 31.7 Å². The standard InChI is InChI=1S/C14H18F2N2O2/c1-2-20-10-3-8(4-10)5-13(19)18-14-11(16)6-9(15)7-12(14)17/h6-8,10H,2-5,17H2,1H3,(H,18,19). The van der Waals surface area contributed by atoms with Crippen LogP contribution in [0.2, 0.25) is 0 Å². The van der Waals surface area contributed by atoms with E-state index in [1.165, 1.54) is 0 Å². The molecule has 0 unspecified atom stereocenters. The minimum absolute atomic E-state index is 0.114. The molecular formula is C14H18F2N2O2. The second-order valence-electron chi connectivity index (χ2n) is 5.02. The van der Waals surface area contributed by atoms with Gasteiger partial charge in [0.25, 0.3) is 0 Å². The lowest BCUT2D eigenvalue weighted by atomic mass is 9.80. The molecule has 3 N–H and O–H groups in total. The summed E-state index contributed by atoms with van der Waals surface area (Å²) < 4.78 is 31.8. The molecule has 6 heteroatoms. The van der Waals surface area contributed by atoms with Crippen molar-refractivity contribution in [1.82, 2.24) is 0 Å². The van der Waals surface area contributed by atoms with Gasteiger partial charge in [0.2, 0.25) is 5.91 Å². The van der Waals surface area contributed by atoms with Crippen molar-refractivity contribution in [3.8, 4) is 0 Å². The molecule has 1 saturated carbocycles. The van der Waals surface area contributed by atoms with E-state index in [9.17, 15) is 13.6 Å². The maximum atomic E-state index is 13.5. The second-order valence-corrected chi connectivity index (χ2v) is 5.02. The molecule has 1 aliphatic rings. The van der Waals surface area contributed by atoms with E-state index in [2.05, 4.69) is 5.32 Å². The average Bonchev–Trinajstić information content (AvgIpc) is 2.31. The van der Waals surface area contributed by atoms with Gasteiger partial charge in [0.1, 0.15) is 11.5 Å². The van der Waals surface area contributed by atoms with Gasteiger partial charge in [-0.25, -0.2) is 8.78 Å². The molecule has 0 aromatic heterocycles. The van der Waals surface area contributed by atoms with E-state index in [0.29, 0.717) is 19.1 Å². The predicted octanol–water partition coefficient (Wildman–Crippen LogP) is 2.69. The molecule has 1 fully saturated rings. The van der Waals surface area contributed by atoms with E-state index < -0.39 is 11.6 Å². The van der Waals surface area contributed by atoms with Crippen molar-refractivity contribution in [1.29, 1.82) is 0 Å². The van der Waals surface area contributed by atoms with Crippen LogP contribution >= 0.6 is 0 Å². The summed E-state index contributed by atoms with van der Waals surface area (Å²) in [6, 6.07) is 1.67. The highest BCUT2D eigenvalue weighted by molar-refractivity contribution is 5.94. The normalized spacial score (nSPS) is 21.4. The zero-order valence-corrected chi connectivity index (χ0v) is 11.3. The van der Waals surface area contributed by atoms with Crippen molar-refractivity contribution >= 4 is 17.3 Å². The topological polar surface area (TPSA) is 64.3 Å². The van der Waals surface area contributed by atoms with Crippen molar-refractivity contribution in [2.75, 3.05) is 17.7 Å². The summed E-state index contributed by atoms with van der Waals surface area (Å²) in [5.74, 6) is -1.70. The fraction of sp³-hybridized carbons (Fsp3) is 0.500. The predicted molar refractivity (Wildman–Crippen MR) is 72.2 cm³/mol. The van der Waals surface area contributed by atoms with Crippen molar-refractivity contribution in [3.63, 3.8) is 0 Å². The molecule has 0 heterocycles. The minimum Gasteiger partial charge on any atom is -0.397 e. The Morgan fingerprint density at radius 1 is 1.45 bits per heavy atom. The van der Waals surface area contributed by atoms with Crippen LogP contribution in [-0.2, 0) is 9.53 Å². The third-order valence-electron chi connectivity index (χ3n) is 3.42. The number of benzene rings is 1. The highest BCUT2D eigenvalue weighted by Crippen LogP contribution is 2.33. The first kappa shape index (κ1) is 14.7. The summed E-state index contributed by atoms with van der Waals surface area (Å²) >= 11 is 0. The third-order valence-corrected chi connectivity index (χ3v) is 3.42. The van der Waals surface area contributed by atoms with Gasteiger partial charge in [-0.1, -0.05) is 0 Å². The number of anilines is 2. The summed E-state index contributed by atoms with van der Waals surface area (Å²) in [5.41, 5.74) is 5.23. The number of hydrogen-bond acceptors (Lipinski definition) is 3. The Kier molecular flexibility index (Phi) is 4.54. The number of halogens is 2. The quantitative estimate of drug-likeness (QED) is 0.817. The van der Waals surface area contributed by atoms with Crippen LogP contribution in [0.25, 0.3) is 0 Å². The molecule has 1 aliphatic carbocycles. The van der Waals surface area contributed by atoms with Gasteiger partial charge in [0, 0.05) is 19.1 Å². The molecule has 4 nitrogen and oxygen atoms in total. The molecule has 1 aromatic carbocycles. The molecule has 2 rings (SSSR count). The number of ether oxygens (including phenoxy) is 1. The average molecular weight is 284 g/mol. The number of nitrogens with one attached hydrogen (secondary N) is 1. The molecule has 110 valence electrons. The highest BCUT2D eigenvalue weighted by atomic mass is 19.1. The summed E-state index contributed by atoms with van der Waals surface area (Å²) in [6.07, 6.45) is 2.19. The zero-order valence-electron chi connectivity index (χ0n) is 11.3. The Labute approximate surface area is 116 Å². The van der Waals surface area contributed by atoms with Crippen molar-refractivity contribution in [3.05, 3.63) is 23.8 Å². The summed E-state index contributed by atoms with van der Waals surface area (Å²) in [7, 11) is 0. The van der Waals surface area contributed by atoms with Crippen molar-refractivity contribution in [2.24, 2.45) is 5.92 Å². The van der Waals surface area contributed by atoms with Crippen LogP contribution in [0.4, 0.5) is 20.2 Å². The Hall–Kier alpha value is -1.69. The van der Waals surface area contributed by atoms with E-state index in [4.69, 9.17) is 10.5 Å². The molecule has 20 heavy (non-hydrogen) atoms. The van der Waals surface area contributed by atoms with Crippen LogP contribution in [-0.4, -0.2) is 18.6 Å². The van der Waals surface area contributed by atoms with Crippen molar-refractivity contribution < 1.29 is 18.3 Å². The fourth-order valence-electron chi connectivity index (χ4n) is 2.39. The number of amides is 1. The molecule has 1 amide bonds. The number of carbonyl (C=O) groups excluding carboxylic acids is 1. The Morgan fingerprint density at radius 3 is 2.75 bits per heavy atom. The first-order valence-corrected chi connectivity index (χ1v) is 6.65. The van der Waals surface area contributed by atoms with Gasteiger partial charge in [0.05, 0.1) is 11.8 Å². The van der Waals surface area contributed by atoms with Gasteiger partial charge in [0.15, 0.2) is 5.82 Å². The number of rotatable bonds is 5. The highest BCUT2D eigenvalue weighted by Gasteiger charge is 2.31. The van der Waals surface area contributed by atoms with Crippen LogP contribution in [0.1, 0.15) is 26.2 Å². The van der Waals surface area contributed by atoms with Crippen LogP contribution < -0.4 is 11.1 Å². The van der Waals surface area contributed by atoms with Gasteiger partial charge >= 0.3 is 0 Å². The molecule has 1 aromatic rings. The molecular weight excluding hydrogens is 266 g/mol. The number of nitrogen functional groups attached to an aromatic ring is 1. The summed E-state index contributed by atoms with van der Waals surface area (Å²) in [6.45, 7) is 2.60. The summed E-state index contributed by atoms with van der Waals surface area (Å²) in [5, 5.41) is 2.41. The lowest BCUT2D eigenvalue weighted by Gasteiger charge is -2.34. The first-order chi connectivity index (χ1) is 9.49.